The Morgan fingerprint density at radius 2 is 2.14 bits per heavy atom. The highest BCUT2D eigenvalue weighted by molar-refractivity contribution is 5.93. The number of fused-ring (bicyclic) bond motifs is 1. The van der Waals surface area contributed by atoms with Crippen LogP contribution in [0.1, 0.15) is 5.56 Å². The second-order valence-electron chi connectivity index (χ2n) is 4.73. The fourth-order valence-corrected chi connectivity index (χ4v) is 2.09. The largest absolute Gasteiger partial charge is 0.480 e. The molecule has 0 saturated carbocycles. The van der Waals surface area contributed by atoms with E-state index in [1.807, 2.05) is 24.3 Å². The van der Waals surface area contributed by atoms with Gasteiger partial charge in [-0.05, 0) is 11.6 Å². The number of terminal acetylenes is 1. The molecule has 1 aromatic heterocycles. The third-order valence-corrected chi connectivity index (χ3v) is 3.21. The Balaban J connectivity index is 2.24. The first-order chi connectivity index (χ1) is 9.96. The SMILES string of the molecule is C#CC(N)(Cc1c[nH]c2ccccc12)C(=O)NCC(=O)O. The average Bonchev–Trinajstić information content (AvgIpc) is 2.87. The molecule has 0 bridgehead atoms. The highest BCUT2D eigenvalue weighted by atomic mass is 16.4. The highest BCUT2D eigenvalue weighted by Crippen LogP contribution is 2.21. The Labute approximate surface area is 121 Å². The molecule has 1 unspecified atom stereocenters. The predicted molar refractivity (Wildman–Crippen MR) is 78.4 cm³/mol. The number of carboxylic acid groups (broad SMARTS) is 1. The number of carbonyl (C=O) groups excluding carboxylic acids is 1. The Morgan fingerprint density at radius 1 is 1.43 bits per heavy atom. The van der Waals surface area contributed by atoms with Gasteiger partial charge in [0.2, 0.25) is 0 Å². The number of aliphatic carboxylic acids is 1. The van der Waals surface area contributed by atoms with Gasteiger partial charge in [-0.1, -0.05) is 24.1 Å². The lowest BCUT2D eigenvalue weighted by Gasteiger charge is -2.21. The van der Waals surface area contributed by atoms with Gasteiger partial charge in [-0.3, -0.25) is 9.59 Å². The molecule has 5 N–H and O–H groups in total. The molecule has 0 spiro atoms. The standard InChI is InChI=1S/C15H15N3O3/c1-2-15(16,14(21)18-9-13(19)20)7-10-8-17-12-6-4-3-5-11(10)12/h1,3-6,8,17H,7,9,16H2,(H,18,21)(H,19,20). The van der Waals surface area contributed by atoms with E-state index in [9.17, 15) is 9.59 Å². The zero-order chi connectivity index (χ0) is 15.5. The minimum Gasteiger partial charge on any atom is -0.480 e. The summed E-state index contributed by atoms with van der Waals surface area (Å²) in [7, 11) is 0. The van der Waals surface area contributed by atoms with E-state index >= 15 is 0 Å². The first kappa shape index (κ1) is 14.6. The van der Waals surface area contributed by atoms with E-state index in [4.69, 9.17) is 17.3 Å². The third kappa shape index (κ3) is 3.04. The number of amides is 1. The number of nitrogens with one attached hydrogen (secondary N) is 2. The summed E-state index contributed by atoms with van der Waals surface area (Å²) in [6.07, 6.45) is 7.24. The minimum absolute atomic E-state index is 0.110. The summed E-state index contributed by atoms with van der Waals surface area (Å²) in [5, 5.41) is 11.7. The van der Waals surface area contributed by atoms with Gasteiger partial charge in [0.05, 0.1) is 0 Å². The maximum atomic E-state index is 12.0. The zero-order valence-electron chi connectivity index (χ0n) is 11.2. The average molecular weight is 285 g/mol. The Hall–Kier alpha value is -2.78. The molecule has 2 rings (SSSR count). The van der Waals surface area contributed by atoms with Gasteiger partial charge in [-0.2, -0.15) is 0 Å². The van der Waals surface area contributed by atoms with Crippen LogP contribution in [0.15, 0.2) is 30.5 Å². The van der Waals surface area contributed by atoms with Crippen LogP contribution in [-0.4, -0.2) is 34.1 Å². The van der Waals surface area contributed by atoms with Crippen LogP contribution >= 0.6 is 0 Å². The number of H-pyrrole nitrogens is 1. The van der Waals surface area contributed by atoms with E-state index < -0.39 is 24.0 Å². The van der Waals surface area contributed by atoms with E-state index in [0.717, 1.165) is 16.5 Å². The fourth-order valence-electron chi connectivity index (χ4n) is 2.09. The first-order valence-electron chi connectivity index (χ1n) is 6.28. The maximum absolute atomic E-state index is 12.0. The van der Waals surface area contributed by atoms with Gasteiger partial charge in [0.1, 0.15) is 6.54 Å². The minimum atomic E-state index is -1.60. The fraction of sp³-hybridized carbons (Fsp3) is 0.200. The third-order valence-electron chi connectivity index (χ3n) is 3.21. The summed E-state index contributed by atoms with van der Waals surface area (Å²) >= 11 is 0. The van der Waals surface area contributed by atoms with E-state index in [1.165, 1.54) is 0 Å². The van der Waals surface area contributed by atoms with E-state index in [2.05, 4.69) is 16.2 Å². The zero-order valence-corrected chi connectivity index (χ0v) is 11.2. The van der Waals surface area contributed by atoms with Gasteiger partial charge in [0.25, 0.3) is 5.91 Å². The number of rotatable bonds is 5. The van der Waals surface area contributed by atoms with Crippen LogP contribution in [0.25, 0.3) is 10.9 Å². The molecule has 6 heteroatoms. The number of carbonyl (C=O) groups is 2. The number of nitrogens with two attached hydrogens (primary N) is 1. The van der Waals surface area contributed by atoms with Crippen molar-refractivity contribution in [3.05, 3.63) is 36.0 Å². The molecular weight excluding hydrogens is 270 g/mol. The summed E-state index contributed by atoms with van der Waals surface area (Å²) in [5.41, 5.74) is 6.07. The highest BCUT2D eigenvalue weighted by Gasteiger charge is 2.33. The van der Waals surface area contributed by atoms with Crippen LogP contribution < -0.4 is 11.1 Å². The van der Waals surface area contributed by atoms with Gasteiger partial charge in [-0.25, -0.2) is 0 Å². The molecule has 6 nitrogen and oxygen atoms in total. The summed E-state index contributed by atoms with van der Waals surface area (Å²) in [6.45, 7) is -0.520. The van der Waals surface area contributed by atoms with Crippen LogP contribution in [0.5, 0.6) is 0 Å². The molecular formula is C15H15N3O3. The molecule has 0 aliphatic rings. The number of hydrogen-bond donors (Lipinski definition) is 4. The first-order valence-corrected chi connectivity index (χ1v) is 6.28. The molecule has 21 heavy (non-hydrogen) atoms. The molecule has 0 fully saturated rings. The van der Waals surface area contributed by atoms with Crippen molar-refractivity contribution in [2.24, 2.45) is 5.73 Å². The topological polar surface area (TPSA) is 108 Å². The number of aromatic nitrogens is 1. The Bertz CT molecular complexity index is 729. The quantitative estimate of drug-likeness (QED) is 0.590. The Kier molecular flexibility index (Phi) is 3.96. The van der Waals surface area contributed by atoms with Crippen LogP contribution in [0.3, 0.4) is 0 Å². The second kappa shape index (κ2) is 5.69. The molecule has 2 aromatic rings. The van der Waals surface area contributed by atoms with Gasteiger partial charge >= 0.3 is 5.97 Å². The summed E-state index contributed by atoms with van der Waals surface area (Å²) in [4.78, 5) is 25.6. The lowest BCUT2D eigenvalue weighted by molar-refractivity contribution is -0.138. The molecule has 108 valence electrons. The molecule has 0 aliphatic heterocycles. The monoisotopic (exact) mass is 285 g/mol. The van der Waals surface area contributed by atoms with Gasteiger partial charge in [0, 0.05) is 23.5 Å². The molecule has 1 aromatic carbocycles. The smallest absolute Gasteiger partial charge is 0.322 e. The van der Waals surface area contributed by atoms with E-state index in [1.54, 1.807) is 6.20 Å². The number of aromatic amines is 1. The van der Waals surface area contributed by atoms with Crippen molar-refractivity contribution in [1.82, 2.24) is 10.3 Å². The van der Waals surface area contributed by atoms with Crippen molar-refractivity contribution in [3.8, 4) is 12.3 Å². The predicted octanol–water partition coefficient (Wildman–Crippen LogP) is 0.242. The molecule has 0 radical (unpaired) electrons. The van der Waals surface area contributed by atoms with Crippen molar-refractivity contribution in [2.75, 3.05) is 6.54 Å². The maximum Gasteiger partial charge on any atom is 0.322 e. The number of hydrogen-bond acceptors (Lipinski definition) is 3. The van der Waals surface area contributed by atoms with Crippen LogP contribution in [-0.2, 0) is 16.0 Å². The van der Waals surface area contributed by atoms with Crippen molar-refractivity contribution >= 4 is 22.8 Å². The number of benzene rings is 1. The number of carboxylic acids is 1. The summed E-state index contributed by atoms with van der Waals surface area (Å²) < 4.78 is 0. The van der Waals surface area contributed by atoms with Gasteiger partial charge < -0.3 is 21.1 Å². The van der Waals surface area contributed by atoms with Crippen LogP contribution in [0.4, 0.5) is 0 Å². The lowest BCUT2D eigenvalue weighted by Crippen LogP contribution is -2.55. The van der Waals surface area contributed by atoms with Crippen LogP contribution in [0, 0.1) is 12.3 Å². The van der Waals surface area contributed by atoms with E-state index in [-0.39, 0.29) is 6.42 Å². The lowest BCUT2D eigenvalue weighted by atomic mass is 9.91. The molecule has 1 amide bonds. The van der Waals surface area contributed by atoms with Crippen LogP contribution in [0.2, 0.25) is 0 Å². The van der Waals surface area contributed by atoms with E-state index in [0.29, 0.717) is 0 Å². The normalized spacial score (nSPS) is 13.3. The van der Waals surface area contributed by atoms with Crippen molar-refractivity contribution in [2.45, 2.75) is 12.0 Å². The van der Waals surface area contributed by atoms with Gasteiger partial charge in [0.15, 0.2) is 5.54 Å². The second-order valence-corrected chi connectivity index (χ2v) is 4.73. The molecule has 0 aliphatic carbocycles. The van der Waals surface area contributed by atoms with Gasteiger partial charge in [-0.15, -0.1) is 6.42 Å². The number of para-hydroxylation sites is 1. The van der Waals surface area contributed by atoms with Crippen molar-refractivity contribution in [3.63, 3.8) is 0 Å². The summed E-state index contributed by atoms with van der Waals surface area (Å²) in [5.74, 6) is 0.424. The molecule has 1 heterocycles. The summed E-state index contributed by atoms with van der Waals surface area (Å²) in [6, 6.07) is 7.56. The Morgan fingerprint density at radius 3 is 2.81 bits per heavy atom. The molecule has 1 atom stereocenters. The van der Waals surface area contributed by atoms with Crippen molar-refractivity contribution < 1.29 is 14.7 Å². The van der Waals surface area contributed by atoms with Crippen molar-refractivity contribution in [1.29, 1.82) is 0 Å². The molecule has 0 saturated heterocycles.